The van der Waals surface area contributed by atoms with Crippen molar-refractivity contribution in [3.8, 4) is 0 Å². The van der Waals surface area contributed by atoms with Crippen molar-refractivity contribution in [3.05, 3.63) is 35.9 Å². The van der Waals surface area contributed by atoms with Crippen LogP contribution in [0, 0.1) is 5.92 Å². The van der Waals surface area contributed by atoms with Crippen LogP contribution in [0.2, 0.25) is 0 Å². The molecular formula is C19H31NS. The van der Waals surface area contributed by atoms with Crippen LogP contribution in [0.25, 0.3) is 0 Å². The summed E-state index contributed by atoms with van der Waals surface area (Å²) in [5, 5.41) is 3.74. The topological polar surface area (TPSA) is 12.0 Å². The van der Waals surface area contributed by atoms with Gasteiger partial charge in [-0.3, -0.25) is 0 Å². The molecule has 1 N–H and O–H groups in total. The van der Waals surface area contributed by atoms with Crippen LogP contribution in [0.15, 0.2) is 30.3 Å². The Kier molecular flexibility index (Phi) is 7.66. The third-order valence-electron chi connectivity index (χ3n) is 4.79. The minimum atomic E-state index is 0.751. The van der Waals surface area contributed by atoms with Crippen molar-refractivity contribution in [2.75, 3.05) is 18.1 Å². The molecular weight excluding hydrogens is 274 g/mol. The summed E-state index contributed by atoms with van der Waals surface area (Å²) >= 11 is 2.09. The third-order valence-corrected chi connectivity index (χ3v) is 5.77. The predicted molar refractivity (Wildman–Crippen MR) is 96.2 cm³/mol. The minimum Gasteiger partial charge on any atom is -0.314 e. The Morgan fingerprint density at radius 2 is 1.95 bits per heavy atom. The van der Waals surface area contributed by atoms with Gasteiger partial charge in [0.05, 0.1) is 0 Å². The zero-order valence-electron chi connectivity index (χ0n) is 13.7. The van der Waals surface area contributed by atoms with Gasteiger partial charge in [0.15, 0.2) is 0 Å². The number of benzene rings is 1. The van der Waals surface area contributed by atoms with E-state index in [1.807, 2.05) is 0 Å². The number of hydrogen-bond donors (Lipinski definition) is 1. The van der Waals surface area contributed by atoms with Gasteiger partial charge in [0.1, 0.15) is 0 Å². The predicted octanol–water partition coefficient (Wildman–Crippen LogP) is 5.08. The number of hydrogen-bond acceptors (Lipinski definition) is 2. The van der Waals surface area contributed by atoms with Gasteiger partial charge in [-0.15, -0.1) is 0 Å². The Bertz CT molecular complexity index is 378. The SMILES string of the molecule is CCNC1CCC(c2ccccc2)CC1CCCSCC. The molecule has 3 atom stereocenters. The first-order valence-electron chi connectivity index (χ1n) is 8.71. The van der Waals surface area contributed by atoms with E-state index in [1.54, 1.807) is 5.56 Å². The molecule has 0 radical (unpaired) electrons. The molecule has 0 heterocycles. The molecule has 0 aromatic heterocycles. The molecule has 1 fully saturated rings. The molecule has 1 aromatic rings. The maximum absolute atomic E-state index is 3.74. The van der Waals surface area contributed by atoms with Gasteiger partial charge in [-0.2, -0.15) is 11.8 Å². The van der Waals surface area contributed by atoms with Crippen molar-refractivity contribution in [1.82, 2.24) is 5.32 Å². The molecule has 0 bridgehead atoms. The zero-order valence-corrected chi connectivity index (χ0v) is 14.5. The average Bonchev–Trinajstić information content (AvgIpc) is 2.54. The lowest BCUT2D eigenvalue weighted by Gasteiger charge is -2.37. The van der Waals surface area contributed by atoms with Gasteiger partial charge in [0, 0.05) is 6.04 Å². The van der Waals surface area contributed by atoms with E-state index in [2.05, 4.69) is 61.3 Å². The highest BCUT2D eigenvalue weighted by Gasteiger charge is 2.30. The Morgan fingerprint density at radius 3 is 2.67 bits per heavy atom. The largest absolute Gasteiger partial charge is 0.314 e. The van der Waals surface area contributed by atoms with Gasteiger partial charge in [0.2, 0.25) is 0 Å². The second kappa shape index (κ2) is 9.53. The standard InChI is InChI=1S/C19H31NS/c1-3-20-19-13-12-17(16-9-6-5-7-10-16)15-18(19)11-8-14-21-4-2/h5-7,9-10,17-20H,3-4,8,11-15H2,1-2H3. The molecule has 1 aliphatic rings. The van der Waals surface area contributed by atoms with Crippen molar-refractivity contribution >= 4 is 11.8 Å². The molecule has 1 nitrogen and oxygen atoms in total. The van der Waals surface area contributed by atoms with E-state index in [0.29, 0.717) is 0 Å². The smallest absolute Gasteiger partial charge is 0.00956 e. The van der Waals surface area contributed by atoms with Crippen molar-refractivity contribution < 1.29 is 0 Å². The second-order valence-corrected chi connectivity index (χ2v) is 7.58. The molecule has 0 saturated heterocycles. The Hall–Kier alpha value is -0.470. The fraction of sp³-hybridized carbons (Fsp3) is 0.684. The Labute approximate surface area is 135 Å². The molecule has 1 aromatic carbocycles. The van der Waals surface area contributed by atoms with Crippen LogP contribution in [-0.4, -0.2) is 24.1 Å². The molecule has 0 amide bonds. The maximum atomic E-state index is 3.74. The van der Waals surface area contributed by atoms with Crippen molar-refractivity contribution in [2.45, 2.75) is 57.9 Å². The van der Waals surface area contributed by atoms with Crippen molar-refractivity contribution in [1.29, 1.82) is 0 Å². The maximum Gasteiger partial charge on any atom is 0.00956 e. The van der Waals surface area contributed by atoms with Crippen LogP contribution >= 0.6 is 11.8 Å². The minimum absolute atomic E-state index is 0.751. The quantitative estimate of drug-likeness (QED) is 0.672. The number of rotatable bonds is 8. The number of thioether (sulfide) groups is 1. The molecule has 21 heavy (non-hydrogen) atoms. The zero-order chi connectivity index (χ0) is 14.9. The Balaban J connectivity index is 1.91. The first kappa shape index (κ1) is 16.9. The molecule has 2 rings (SSSR count). The van der Waals surface area contributed by atoms with E-state index in [1.165, 1.54) is 43.6 Å². The summed E-state index contributed by atoms with van der Waals surface area (Å²) in [6.07, 6.45) is 6.85. The summed E-state index contributed by atoms with van der Waals surface area (Å²) in [5.74, 6) is 4.24. The van der Waals surface area contributed by atoms with E-state index in [0.717, 1.165) is 24.4 Å². The monoisotopic (exact) mass is 305 g/mol. The van der Waals surface area contributed by atoms with Crippen LogP contribution in [0.1, 0.15) is 57.4 Å². The number of nitrogens with one attached hydrogen (secondary N) is 1. The summed E-state index contributed by atoms with van der Waals surface area (Å²) < 4.78 is 0. The van der Waals surface area contributed by atoms with Crippen LogP contribution in [0.5, 0.6) is 0 Å². The van der Waals surface area contributed by atoms with Gasteiger partial charge in [-0.05, 0) is 67.6 Å². The van der Waals surface area contributed by atoms with Gasteiger partial charge >= 0.3 is 0 Å². The van der Waals surface area contributed by atoms with Crippen LogP contribution in [0.3, 0.4) is 0 Å². The van der Waals surface area contributed by atoms with Gasteiger partial charge in [-0.25, -0.2) is 0 Å². The fourth-order valence-corrected chi connectivity index (χ4v) is 4.39. The summed E-state index contributed by atoms with van der Waals surface area (Å²) in [5.41, 5.74) is 1.56. The summed E-state index contributed by atoms with van der Waals surface area (Å²) in [4.78, 5) is 0. The van der Waals surface area contributed by atoms with E-state index < -0.39 is 0 Å². The highest BCUT2D eigenvalue weighted by Crippen LogP contribution is 2.38. The lowest BCUT2D eigenvalue weighted by molar-refractivity contribution is 0.229. The summed E-state index contributed by atoms with van der Waals surface area (Å²) in [6, 6.07) is 11.9. The molecule has 0 aliphatic heterocycles. The lowest BCUT2D eigenvalue weighted by atomic mass is 9.73. The van der Waals surface area contributed by atoms with E-state index >= 15 is 0 Å². The Morgan fingerprint density at radius 1 is 1.14 bits per heavy atom. The van der Waals surface area contributed by atoms with Crippen LogP contribution < -0.4 is 5.32 Å². The summed E-state index contributed by atoms with van der Waals surface area (Å²) in [7, 11) is 0. The molecule has 118 valence electrons. The van der Waals surface area contributed by atoms with Gasteiger partial charge in [-0.1, -0.05) is 44.2 Å². The highest BCUT2D eigenvalue weighted by molar-refractivity contribution is 7.99. The van der Waals surface area contributed by atoms with Crippen molar-refractivity contribution in [2.24, 2.45) is 5.92 Å². The molecule has 1 saturated carbocycles. The highest BCUT2D eigenvalue weighted by atomic mass is 32.2. The molecule has 1 aliphatic carbocycles. The second-order valence-electron chi connectivity index (χ2n) is 6.18. The van der Waals surface area contributed by atoms with E-state index in [4.69, 9.17) is 0 Å². The normalized spacial score (nSPS) is 25.9. The fourth-order valence-electron chi connectivity index (χ4n) is 3.73. The molecule has 3 unspecified atom stereocenters. The lowest BCUT2D eigenvalue weighted by Crippen LogP contribution is -2.40. The first-order chi connectivity index (χ1) is 10.3. The molecule has 0 spiro atoms. The van der Waals surface area contributed by atoms with E-state index in [9.17, 15) is 0 Å². The van der Waals surface area contributed by atoms with Crippen LogP contribution in [-0.2, 0) is 0 Å². The van der Waals surface area contributed by atoms with Crippen LogP contribution in [0.4, 0.5) is 0 Å². The van der Waals surface area contributed by atoms with E-state index in [-0.39, 0.29) is 0 Å². The van der Waals surface area contributed by atoms with Gasteiger partial charge in [0.25, 0.3) is 0 Å². The first-order valence-corrected chi connectivity index (χ1v) is 9.86. The average molecular weight is 306 g/mol. The van der Waals surface area contributed by atoms with Gasteiger partial charge < -0.3 is 5.32 Å². The summed E-state index contributed by atoms with van der Waals surface area (Å²) in [6.45, 7) is 5.62. The molecule has 2 heteroatoms. The van der Waals surface area contributed by atoms with Crippen molar-refractivity contribution in [3.63, 3.8) is 0 Å². The third kappa shape index (κ3) is 5.34.